The third-order valence-electron chi connectivity index (χ3n) is 3.44. The summed E-state index contributed by atoms with van der Waals surface area (Å²) in [4.78, 5) is 0. The summed E-state index contributed by atoms with van der Waals surface area (Å²) in [5.41, 5.74) is 0.105. The molecule has 18 heavy (non-hydrogen) atoms. The standard InChI is InChI=1S/C14H28F2N2/c1-11(9-18-13(2,3)4)17-10-12-6-5-7-14(15,16)8-12/h11-12,17-18H,5-10H2,1-4H3. The van der Waals surface area contributed by atoms with Crippen molar-refractivity contribution in [3.8, 4) is 0 Å². The van der Waals surface area contributed by atoms with Crippen molar-refractivity contribution in [1.29, 1.82) is 0 Å². The molecule has 0 heterocycles. The van der Waals surface area contributed by atoms with E-state index in [1.165, 1.54) is 0 Å². The molecule has 1 aliphatic rings. The molecule has 2 nitrogen and oxygen atoms in total. The van der Waals surface area contributed by atoms with Gasteiger partial charge in [0.15, 0.2) is 0 Å². The largest absolute Gasteiger partial charge is 0.313 e. The first-order chi connectivity index (χ1) is 8.18. The van der Waals surface area contributed by atoms with E-state index < -0.39 is 5.92 Å². The summed E-state index contributed by atoms with van der Waals surface area (Å²) in [7, 11) is 0. The Morgan fingerprint density at radius 3 is 2.56 bits per heavy atom. The summed E-state index contributed by atoms with van der Waals surface area (Å²) in [6.07, 6.45) is 1.72. The minimum Gasteiger partial charge on any atom is -0.313 e. The van der Waals surface area contributed by atoms with E-state index in [0.717, 1.165) is 13.0 Å². The van der Waals surface area contributed by atoms with Crippen molar-refractivity contribution >= 4 is 0 Å². The molecule has 0 spiro atoms. The molecule has 2 N–H and O–H groups in total. The summed E-state index contributed by atoms with van der Waals surface area (Å²) >= 11 is 0. The molecular weight excluding hydrogens is 234 g/mol. The van der Waals surface area contributed by atoms with E-state index in [1.807, 2.05) is 0 Å². The Hall–Kier alpha value is -0.220. The van der Waals surface area contributed by atoms with Gasteiger partial charge in [0.05, 0.1) is 0 Å². The zero-order valence-corrected chi connectivity index (χ0v) is 12.2. The Bertz CT molecular complexity index is 249. The van der Waals surface area contributed by atoms with Gasteiger partial charge in [-0.15, -0.1) is 0 Å². The lowest BCUT2D eigenvalue weighted by atomic mass is 9.86. The Morgan fingerprint density at radius 1 is 1.33 bits per heavy atom. The fraction of sp³-hybridized carbons (Fsp3) is 1.00. The second-order valence-electron chi connectivity index (χ2n) is 6.76. The Kier molecular flexibility index (Phi) is 5.53. The van der Waals surface area contributed by atoms with Crippen molar-refractivity contribution < 1.29 is 8.78 Å². The summed E-state index contributed by atoms with van der Waals surface area (Å²) in [5.74, 6) is -2.30. The van der Waals surface area contributed by atoms with Gasteiger partial charge in [-0.1, -0.05) is 0 Å². The summed E-state index contributed by atoms with van der Waals surface area (Å²) in [5, 5.41) is 6.78. The molecule has 1 rings (SSSR count). The maximum absolute atomic E-state index is 13.2. The van der Waals surface area contributed by atoms with Crippen LogP contribution in [0.4, 0.5) is 8.78 Å². The maximum atomic E-state index is 13.2. The van der Waals surface area contributed by atoms with E-state index in [2.05, 4.69) is 38.3 Å². The van der Waals surface area contributed by atoms with Gasteiger partial charge in [-0.2, -0.15) is 0 Å². The molecule has 0 aromatic rings. The molecule has 0 aromatic heterocycles. The maximum Gasteiger partial charge on any atom is 0.248 e. The van der Waals surface area contributed by atoms with Crippen LogP contribution in [0.1, 0.15) is 53.4 Å². The van der Waals surface area contributed by atoms with Gasteiger partial charge < -0.3 is 10.6 Å². The molecule has 108 valence electrons. The van der Waals surface area contributed by atoms with Gasteiger partial charge in [0.2, 0.25) is 5.92 Å². The van der Waals surface area contributed by atoms with Gasteiger partial charge in [-0.25, -0.2) is 8.78 Å². The molecule has 0 aromatic carbocycles. The predicted octanol–water partition coefficient (Wildman–Crippen LogP) is 3.18. The minimum atomic E-state index is -2.43. The number of hydrogen-bond donors (Lipinski definition) is 2. The molecule has 1 fully saturated rings. The number of alkyl halides is 2. The van der Waals surface area contributed by atoms with Crippen molar-refractivity contribution in [3.63, 3.8) is 0 Å². The average molecular weight is 262 g/mol. The Balaban J connectivity index is 2.20. The third-order valence-corrected chi connectivity index (χ3v) is 3.44. The zero-order valence-electron chi connectivity index (χ0n) is 12.2. The number of hydrogen-bond acceptors (Lipinski definition) is 2. The van der Waals surface area contributed by atoms with Gasteiger partial charge in [0.25, 0.3) is 0 Å². The smallest absolute Gasteiger partial charge is 0.248 e. The van der Waals surface area contributed by atoms with Crippen molar-refractivity contribution in [2.45, 2.75) is 70.9 Å². The van der Waals surface area contributed by atoms with Gasteiger partial charge in [-0.05, 0) is 53.0 Å². The van der Waals surface area contributed by atoms with E-state index in [1.54, 1.807) is 0 Å². The molecule has 4 heteroatoms. The van der Waals surface area contributed by atoms with Crippen molar-refractivity contribution in [2.24, 2.45) is 5.92 Å². The van der Waals surface area contributed by atoms with Crippen LogP contribution >= 0.6 is 0 Å². The normalized spacial score (nSPS) is 26.0. The van der Waals surface area contributed by atoms with E-state index >= 15 is 0 Å². The van der Waals surface area contributed by atoms with Crippen LogP contribution in [0.5, 0.6) is 0 Å². The summed E-state index contributed by atoms with van der Waals surface area (Å²) < 4.78 is 26.5. The van der Waals surface area contributed by atoms with Crippen LogP contribution in [0.25, 0.3) is 0 Å². The Morgan fingerprint density at radius 2 is 2.00 bits per heavy atom. The second kappa shape index (κ2) is 6.29. The first-order valence-electron chi connectivity index (χ1n) is 7.04. The molecule has 0 saturated heterocycles. The van der Waals surface area contributed by atoms with Gasteiger partial charge in [-0.3, -0.25) is 0 Å². The highest BCUT2D eigenvalue weighted by atomic mass is 19.3. The van der Waals surface area contributed by atoms with E-state index in [9.17, 15) is 8.78 Å². The number of nitrogens with one attached hydrogen (secondary N) is 2. The van der Waals surface area contributed by atoms with Crippen molar-refractivity contribution in [3.05, 3.63) is 0 Å². The molecular formula is C14H28F2N2. The van der Waals surface area contributed by atoms with Crippen LogP contribution in [0.2, 0.25) is 0 Å². The number of halogens is 2. The minimum absolute atomic E-state index is 0.0550. The van der Waals surface area contributed by atoms with Gasteiger partial charge >= 0.3 is 0 Å². The monoisotopic (exact) mass is 262 g/mol. The Labute approximate surface area is 110 Å². The molecule has 0 aliphatic heterocycles. The molecule has 0 radical (unpaired) electrons. The van der Waals surface area contributed by atoms with Gasteiger partial charge in [0.1, 0.15) is 0 Å². The van der Waals surface area contributed by atoms with Crippen LogP contribution in [0.15, 0.2) is 0 Å². The predicted molar refractivity (Wildman–Crippen MR) is 72.1 cm³/mol. The first kappa shape index (κ1) is 15.8. The third kappa shape index (κ3) is 6.64. The van der Waals surface area contributed by atoms with Crippen LogP contribution < -0.4 is 10.6 Å². The first-order valence-corrected chi connectivity index (χ1v) is 7.04. The molecule has 0 bridgehead atoms. The highest BCUT2D eigenvalue weighted by Gasteiger charge is 2.35. The van der Waals surface area contributed by atoms with Crippen LogP contribution in [0, 0.1) is 5.92 Å². The zero-order chi connectivity index (χ0) is 13.8. The molecule has 1 saturated carbocycles. The van der Waals surface area contributed by atoms with Crippen LogP contribution in [0.3, 0.4) is 0 Å². The molecule has 2 atom stereocenters. The quantitative estimate of drug-likeness (QED) is 0.795. The van der Waals surface area contributed by atoms with E-state index in [0.29, 0.717) is 19.0 Å². The summed E-state index contributed by atoms with van der Waals surface area (Å²) in [6, 6.07) is 0.319. The second-order valence-corrected chi connectivity index (χ2v) is 6.76. The van der Waals surface area contributed by atoms with E-state index in [-0.39, 0.29) is 24.3 Å². The number of rotatable bonds is 5. The van der Waals surface area contributed by atoms with Crippen molar-refractivity contribution in [2.75, 3.05) is 13.1 Å². The van der Waals surface area contributed by atoms with E-state index in [4.69, 9.17) is 0 Å². The SMILES string of the molecule is CC(CNC(C)(C)C)NCC1CCCC(F)(F)C1. The van der Waals surface area contributed by atoms with Crippen molar-refractivity contribution in [1.82, 2.24) is 10.6 Å². The van der Waals surface area contributed by atoms with Gasteiger partial charge in [0, 0.05) is 31.0 Å². The fourth-order valence-electron chi connectivity index (χ4n) is 2.35. The molecule has 1 aliphatic carbocycles. The average Bonchev–Trinajstić information content (AvgIpc) is 2.21. The lowest BCUT2D eigenvalue weighted by Crippen LogP contribution is -2.46. The summed E-state index contributed by atoms with van der Waals surface area (Å²) in [6.45, 7) is 10.1. The fourth-order valence-corrected chi connectivity index (χ4v) is 2.35. The highest BCUT2D eigenvalue weighted by molar-refractivity contribution is 4.81. The van der Waals surface area contributed by atoms with Crippen LogP contribution in [-0.2, 0) is 0 Å². The highest BCUT2D eigenvalue weighted by Crippen LogP contribution is 2.36. The lowest BCUT2D eigenvalue weighted by Gasteiger charge is -2.30. The van der Waals surface area contributed by atoms with Crippen LogP contribution in [-0.4, -0.2) is 30.6 Å². The molecule has 0 amide bonds. The lowest BCUT2D eigenvalue weighted by molar-refractivity contribution is -0.0522. The molecule has 2 unspecified atom stereocenters. The topological polar surface area (TPSA) is 24.1 Å².